The van der Waals surface area contributed by atoms with Crippen molar-refractivity contribution in [2.45, 2.75) is 77.0 Å². The van der Waals surface area contributed by atoms with Crippen molar-refractivity contribution < 1.29 is 18.7 Å². The van der Waals surface area contributed by atoms with Gasteiger partial charge in [0.1, 0.15) is 17.2 Å². The number of nitrogens with zero attached hydrogens (tertiary/aromatic N) is 2. The van der Waals surface area contributed by atoms with Gasteiger partial charge in [0.05, 0.1) is 12.8 Å². The molecule has 2 saturated carbocycles. The molecular weight excluding hydrogens is 347 g/mol. The van der Waals surface area contributed by atoms with Gasteiger partial charge in [-0.25, -0.2) is 9.18 Å². The second-order valence-corrected chi connectivity index (χ2v) is 8.34. The minimum atomic E-state index is -0.528. The fraction of sp³-hybridized carbons (Fsp3) is 0.619. The van der Waals surface area contributed by atoms with Gasteiger partial charge in [-0.2, -0.15) is 4.99 Å². The zero-order chi connectivity index (χ0) is 19.6. The lowest BCUT2D eigenvalue weighted by atomic mass is 9.91. The largest absolute Gasteiger partial charge is 0.494 e. The Morgan fingerprint density at radius 1 is 1.15 bits per heavy atom. The van der Waals surface area contributed by atoms with Crippen LogP contribution in [-0.2, 0) is 4.74 Å². The average molecular weight is 376 g/mol. The Morgan fingerprint density at radius 2 is 1.78 bits per heavy atom. The number of amides is 1. The normalized spacial score (nSPS) is 20.2. The summed E-state index contributed by atoms with van der Waals surface area (Å²) < 4.78 is 24.3. The van der Waals surface area contributed by atoms with E-state index in [-0.39, 0.29) is 5.82 Å². The number of aliphatic imine (C=N–C) groups is 1. The molecule has 0 atom stereocenters. The van der Waals surface area contributed by atoms with Gasteiger partial charge in [0.15, 0.2) is 0 Å². The molecule has 0 N–H and O–H groups in total. The molecule has 2 aliphatic carbocycles. The SMILES string of the molecule is COc1cc(F)ccc1N(C1CCC(=NC(=O)OC(C)(C)C)CC1)C1CC1. The van der Waals surface area contributed by atoms with Crippen LogP contribution in [0, 0.1) is 5.82 Å². The number of anilines is 1. The smallest absolute Gasteiger partial charge is 0.434 e. The van der Waals surface area contributed by atoms with Gasteiger partial charge in [0, 0.05) is 23.9 Å². The first kappa shape index (κ1) is 19.6. The maximum Gasteiger partial charge on any atom is 0.434 e. The summed E-state index contributed by atoms with van der Waals surface area (Å²) in [6.45, 7) is 5.52. The lowest BCUT2D eigenvalue weighted by Gasteiger charge is -2.37. The number of benzene rings is 1. The van der Waals surface area contributed by atoms with Crippen LogP contribution < -0.4 is 9.64 Å². The molecule has 0 saturated heterocycles. The predicted octanol–water partition coefficient (Wildman–Crippen LogP) is 5.12. The Bertz CT molecular complexity index is 713. The van der Waals surface area contributed by atoms with Crippen LogP contribution in [0.5, 0.6) is 5.75 Å². The molecular formula is C21H29FN2O3. The molecule has 27 heavy (non-hydrogen) atoms. The summed E-state index contributed by atoms with van der Waals surface area (Å²) in [7, 11) is 1.58. The molecule has 0 aromatic heterocycles. The summed E-state index contributed by atoms with van der Waals surface area (Å²) in [4.78, 5) is 18.5. The molecule has 0 bridgehead atoms. The van der Waals surface area contributed by atoms with Gasteiger partial charge in [-0.05, 0) is 71.4 Å². The zero-order valence-corrected chi connectivity index (χ0v) is 16.6. The summed E-state index contributed by atoms with van der Waals surface area (Å²) >= 11 is 0. The van der Waals surface area contributed by atoms with Gasteiger partial charge in [-0.1, -0.05) is 0 Å². The van der Waals surface area contributed by atoms with E-state index < -0.39 is 11.7 Å². The third-order valence-electron chi connectivity index (χ3n) is 4.93. The molecule has 2 aliphatic rings. The minimum Gasteiger partial charge on any atom is -0.494 e. The van der Waals surface area contributed by atoms with E-state index in [2.05, 4.69) is 9.89 Å². The van der Waals surface area contributed by atoms with Crippen LogP contribution >= 0.6 is 0 Å². The second-order valence-electron chi connectivity index (χ2n) is 8.34. The summed E-state index contributed by atoms with van der Waals surface area (Å²) in [6.07, 6.45) is 5.17. The Morgan fingerprint density at radius 3 is 2.33 bits per heavy atom. The van der Waals surface area contributed by atoms with Gasteiger partial charge in [-0.15, -0.1) is 0 Å². The highest BCUT2D eigenvalue weighted by Crippen LogP contribution is 2.41. The van der Waals surface area contributed by atoms with E-state index in [4.69, 9.17) is 9.47 Å². The van der Waals surface area contributed by atoms with Gasteiger partial charge in [0.2, 0.25) is 0 Å². The molecule has 0 aliphatic heterocycles. The van der Waals surface area contributed by atoms with Crippen molar-refractivity contribution in [2.24, 2.45) is 4.99 Å². The van der Waals surface area contributed by atoms with Crippen molar-refractivity contribution in [3.05, 3.63) is 24.0 Å². The summed E-state index contributed by atoms with van der Waals surface area (Å²) in [5.41, 5.74) is 1.33. The van der Waals surface area contributed by atoms with Crippen molar-refractivity contribution in [3.8, 4) is 5.75 Å². The third-order valence-corrected chi connectivity index (χ3v) is 4.93. The van der Waals surface area contributed by atoms with E-state index in [0.717, 1.165) is 49.9 Å². The first-order valence-corrected chi connectivity index (χ1v) is 9.68. The van der Waals surface area contributed by atoms with Crippen LogP contribution in [0.15, 0.2) is 23.2 Å². The number of hydrogen-bond donors (Lipinski definition) is 0. The van der Waals surface area contributed by atoms with E-state index >= 15 is 0 Å². The Kier molecular flexibility index (Phi) is 5.72. The minimum absolute atomic E-state index is 0.290. The number of carbonyl (C=O) groups is 1. The molecule has 0 spiro atoms. The van der Waals surface area contributed by atoms with Crippen LogP contribution in [0.25, 0.3) is 0 Å². The molecule has 1 amide bonds. The second kappa shape index (κ2) is 7.87. The lowest BCUT2D eigenvalue weighted by molar-refractivity contribution is 0.0603. The zero-order valence-electron chi connectivity index (χ0n) is 16.6. The van der Waals surface area contributed by atoms with Crippen molar-refractivity contribution in [1.82, 2.24) is 0 Å². The summed E-state index contributed by atoms with van der Waals surface area (Å²) in [6, 6.07) is 5.58. The van der Waals surface area contributed by atoms with Crippen LogP contribution in [0.2, 0.25) is 0 Å². The number of carbonyl (C=O) groups excluding carboxylic acids is 1. The molecule has 0 unspecified atom stereocenters. The quantitative estimate of drug-likeness (QED) is 0.732. The first-order valence-electron chi connectivity index (χ1n) is 9.68. The first-order chi connectivity index (χ1) is 12.8. The van der Waals surface area contributed by atoms with E-state index in [1.165, 1.54) is 12.1 Å². The van der Waals surface area contributed by atoms with Crippen molar-refractivity contribution >= 4 is 17.5 Å². The van der Waals surface area contributed by atoms with Gasteiger partial charge < -0.3 is 14.4 Å². The molecule has 0 radical (unpaired) electrons. The standard InChI is InChI=1S/C21H29FN2O3/c1-21(2,3)27-20(25)23-15-6-8-16(9-7-15)24(17-10-11-17)18-12-5-14(22)13-19(18)26-4/h5,12-13,16-17H,6-11H2,1-4H3. The van der Waals surface area contributed by atoms with E-state index in [1.54, 1.807) is 7.11 Å². The number of methoxy groups -OCH3 is 1. The molecule has 2 fully saturated rings. The Labute approximate surface area is 160 Å². The van der Waals surface area contributed by atoms with Gasteiger partial charge >= 0.3 is 6.09 Å². The van der Waals surface area contributed by atoms with Crippen molar-refractivity contribution in [1.29, 1.82) is 0 Å². The maximum atomic E-state index is 13.6. The molecule has 1 aromatic carbocycles. The van der Waals surface area contributed by atoms with Gasteiger partial charge in [-0.3, -0.25) is 0 Å². The van der Waals surface area contributed by atoms with Crippen LogP contribution in [0.1, 0.15) is 59.3 Å². The highest BCUT2D eigenvalue weighted by atomic mass is 19.1. The van der Waals surface area contributed by atoms with Crippen LogP contribution in [0.4, 0.5) is 14.9 Å². The van der Waals surface area contributed by atoms with Crippen molar-refractivity contribution in [2.75, 3.05) is 12.0 Å². The third kappa shape index (κ3) is 5.21. The maximum absolute atomic E-state index is 13.6. The average Bonchev–Trinajstić information content (AvgIpc) is 3.41. The fourth-order valence-corrected chi connectivity index (χ4v) is 3.65. The van der Waals surface area contributed by atoms with Crippen LogP contribution in [-0.4, -0.2) is 36.6 Å². The summed E-state index contributed by atoms with van der Waals surface area (Å²) in [5.74, 6) is 0.289. The lowest BCUT2D eigenvalue weighted by Crippen LogP contribution is -2.40. The topological polar surface area (TPSA) is 51.1 Å². The Balaban J connectivity index is 1.69. The highest BCUT2D eigenvalue weighted by molar-refractivity contribution is 5.94. The molecule has 3 rings (SSSR count). The summed E-state index contributed by atoms with van der Waals surface area (Å²) in [5, 5.41) is 0. The molecule has 1 aromatic rings. The Hall–Kier alpha value is -2.11. The van der Waals surface area contributed by atoms with Crippen LogP contribution in [0.3, 0.4) is 0 Å². The van der Waals surface area contributed by atoms with E-state index in [0.29, 0.717) is 17.8 Å². The molecule has 5 nitrogen and oxygen atoms in total. The fourth-order valence-electron chi connectivity index (χ4n) is 3.65. The molecule has 0 heterocycles. The molecule has 148 valence electrons. The number of ether oxygens (including phenoxy) is 2. The highest BCUT2D eigenvalue weighted by Gasteiger charge is 2.37. The number of hydrogen-bond acceptors (Lipinski definition) is 4. The monoisotopic (exact) mass is 376 g/mol. The molecule has 6 heteroatoms. The predicted molar refractivity (Wildman–Crippen MR) is 104 cm³/mol. The van der Waals surface area contributed by atoms with E-state index in [1.807, 2.05) is 26.8 Å². The van der Waals surface area contributed by atoms with Crippen molar-refractivity contribution in [3.63, 3.8) is 0 Å². The van der Waals surface area contributed by atoms with E-state index in [9.17, 15) is 9.18 Å². The number of rotatable bonds is 4. The van der Waals surface area contributed by atoms with Gasteiger partial charge in [0.25, 0.3) is 0 Å². The number of halogens is 1.